The van der Waals surface area contributed by atoms with Gasteiger partial charge in [-0.1, -0.05) is 25.2 Å². The van der Waals surface area contributed by atoms with Crippen LogP contribution in [0.4, 0.5) is 5.69 Å². The van der Waals surface area contributed by atoms with E-state index < -0.39 is 0 Å². The van der Waals surface area contributed by atoms with Crippen molar-refractivity contribution in [3.05, 3.63) is 42.2 Å². The zero-order valence-electron chi connectivity index (χ0n) is 16.4. The van der Waals surface area contributed by atoms with Crippen LogP contribution in [0.15, 0.2) is 36.5 Å². The van der Waals surface area contributed by atoms with Crippen LogP contribution >= 0.6 is 11.3 Å². The van der Waals surface area contributed by atoms with Crippen LogP contribution in [0, 0.1) is 5.92 Å². The van der Waals surface area contributed by atoms with E-state index in [0.29, 0.717) is 11.1 Å². The molecule has 0 spiro atoms. The van der Waals surface area contributed by atoms with Gasteiger partial charge in [-0.2, -0.15) is 5.10 Å². The van der Waals surface area contributed by atoms with Crippen molar-refractivity contribution in [2.75, 3.05) is 11.9 Å². The molecule has 3 N–H and O–H groups in total. The van der Waals surface area contributed by atoms with Crippen LogP contribution in [0.1, 0.15) is 39.4 Å². The summed E-state index contributed by atoms with van der Waals surface area (Å²) in [4.78, 5) is 16.4. The highest BCUT2D eigenvalue weighted by Gasteiger charge is 2.14. The molecule has 0 bridgehead atoms. The molecule has 0 aliphatic heterocycles. The lowest BCUT2D eigenvalue weighted by atomic mass is 10.2. The van der Waals surface area contributed by atoms with Crippen molar-refractivity contribution in [1.29, 1.82) is 0 Å². The van der Waals surface area contributed by atoms with Crippen molar-refractivity contribution in [1.82, 2.24) is 20.5 Å². The first-order valence-electron chi connectivity index (χ1n) is 9.21. The molecule has 1 unspecified atom stereocenters. The Hall–Kier alpha value is -2.87. The van der Waals surface area contributed by atoms with Crippen LogP contribution in [0.5, 0.6) is 10.9 Å². The molecule has 0 aliphatic carbocycles. The van der Waals surface area contributed by atoms with Gasteiger partial charge in [-0.15, -0.1) is 0 Å². The standard InChI is InChI=1S/C20H25N5O2S/c1-12(2)10-21-15-5-7-16(8-6-15)27-20-22-11-19(28-20)18-9-17(24-25-18)13(3)23-14(4)26/h5-9,11-13,21H,10H2,1-4H3,(H,23,26)(H,24,25). The van der Waals surface area contributed by atoms with Crippen molar-refractivity contribution in [2.24, 2.45) is 5.92 Å². The van der Waals surface area contributed by atoms with Crippen LogP contribution in [-0.2, 0) is 4.79 Å². The van der Waals surface area contributed by atoms with Crippen molar-refractivity contribution < 1.29 is 9.53 Å². The highest BCUT2D eigenvalue weighted by Crippen LogP contribution is 2.33. The second-order valence-corrected chi connectivity index (χ2v) is 8.02. The fourth-order valence-electron chi connectivity index (χ4n) is 2.55. The van der Waals surface area contributed by atoms with E-state index in [-0.39, 0.29) is 11.9 Å². The number of ether oxygens (including phenoxy) is 1. The first-order valence-corrected chi connectivity index (χ1v) is 10.0. The smallest absolute Gasteiger partial charge is 0.279 e. The van der Waals surface area contributed by atoms with Gasteiger partial charge < -0.3 is 15.4 Å². The quantitative estimate of drug-likeness (QED) is 0.515. The molecule has 1 aromatic carbocycles. The minimum absolute atomic E-state index is 0.0810. The fourth-order valence-corrected chi connectivity index (χ4v) is 3.30. The number of H-pyrrole nitrogens is 1. The molecule has 0 saturated heterocycles. The summed E-state index contributed by atoms with van der Waals surface area (Å²) in [6.07, 6.45) is 1.74. The molecule has 3 rings (SSSR count). The summed E-state index contributed by atoms with van der Waals surface area (Å²) in [5, 5.41) is 14.0. The zero-order valence-corrected chi connectivity index (χ0v) is 17.3. The maximum Gasteiger partial charge on any atom is 0.279 e. The average Bonchev–Trinajstić information content (AvgIpc) is 3.30. The lowest BCUT2D eigenvalue weighted by molar-refractivity contribution is -0.119. The highest BCUT2D eigenvalue weighted by atomic mass is 32.1. The van der Waals surface area contributed by atoms with Gasteiger partial charge in [-0.05, 0) is 43.2 Å². The molecule has 3 aromatic rings. The lowest BCUT2D eigenvalue weighted by Crippen LogP contribution is -2.23. The van der Waals surface area contributed by atoms with Gasteiger partial charge in [0.2, 0.25) is 5.91 Å². The first-order chi connectivity index (χ1) is 13.4. The molecule has 0 radical (unpaired) electrons. The lowest BCUT2D eigenvalue weighted by Gasteiger charge is -2.09. The molecule has 0 aliphatic rings. The summed E-state index contributed by atoms with van der Waals surface area (Å²) in [6.45, 7) is 8.68. The van der Waals surface area contributed by atoms with E-state index in [0.717, 1.165) is 34.2 Å². The van der Waals surface area contributed by atoms with E-state index in [1.807, 2.05) is 37.3 Å². The van der Waals surface area contributed by atoms with Crippen LogP contribution in [0.25, 0.3) is 10.6 Å². The summed E-state index contributed by atoms with van der Waals surface area (Å²) in [7, 11) is 0. The van der Waals surface area contributed by atoms with Gasteiger partial charge in [-0.25, -0.2) is 4.98 Å². The maximum atomic E-state index is 11.2. The number of thiazole rings is 1. The minimum Gasteiger partial charge on any atom is -0.431 e. The van der Waals surface area contributed by atoms with Crippen LogP contribution in [-0.4, -0.2) is 27.6 Å². The minimum atomic E-state index is -0.134. The number of aromatic amines is 1. The summed E-state index contributed by atoms with van der Waals surface area (Å²) < 4.78 is 5.85. The predicted molar refractivity (Wildman–Crippen MR) is 112 cm³/mol. The molecule has 7 nitrogen and oxygen atoms in total. The van der Waals surface area contributed by atoms with Gasteiger partial charge in [0.25, 0.3) is 5.19 Å². The summed E-state index contributed by atoms with van der Waals surface area (Å²) in [6, 6.07) is 9.61. The molecule has 8 heteroatoms. The summed E-state index contributed by atoms with van der Waals surface area (Å²) in [5.41, 5.74) is 2.68. The molecule has 0 saturated carbocycles. The molecule has 1 amide bonds. The number of carbonyl (C=O) groups is 1. The van der Waals surface area contributed by atoms with Gasteiger partial charge in [0.15, 0.2) is 0 Å². The van der Waals surface area contributed by atoms with Crippen LogP contribution < -0.4 is 15.4 Å². The van der Waals surface area contributed by atoms with Gasteiger partial charge in [0.1, 0.15) is 11.4 Å². The largest absolute Gasteiger partial charge is 0.431 e. The number of benzene rings is 1. The Morgan fingerprint density at radius 2 is 2.00 bits per heavy atom. The Morgan fingerprint density at radius 3 is 2.68 bits per heavy atom. The number of carbonyl (C=O) groups excluding carboxylic acids is 1. The topological polar surface area (TPSA) is 91.9 Å². The molecule has 1 atom stereocenters. The number of aromatic nitrogens is 3. The number of rotatable bonds is 8. The average molecular weight is 400 g/mol. The molecule has 2 aromatic heterocycles. The monoisotopic (exact) mass is 399 g/mol. The van der Waals surface area contributed by atoms with Crippen molar-refractivity contribution in [3.63, 3.8) is 0 Å². The zero-order chi connectivity index (χ0) is 20.1. The Bertz CT molecular complexity index is 917. The third kappa shape index (κ3) is 5.32. The Labute approximate surface area is 168 Å². The Kier molecular flexibility index (Phi) is 6.30. The van der Waals surface area contributed by atoms with Crippen molar-refractivity contribution >= 4 is 22.9 Å². The molecule has 0 fully saturated rings. The van der Waals surface area contributed by atoms with E-state index in [9.17, 15) is 4.79 Å². The van der Waals surface area contributed by atoms with Gasteiger partial charge >= 0.3 is 0 Å². The number of nitrogens with zero attached hydrogens (tertiary/aromatic N) is 2. The SMILES string of the molecule is CC(=O)NC(C)c1cc(-c2cnc(Oc3ccc(NCC(C)C)cc3)s2)n[nH]1. The number of amides is 1. The molecular weight excluding hydrogens is 374 g/mol. The van der Waals surface area contributed by atoms with E-state index >= 15 is 0 Å². The first kappa shape index (κ1) is 19.9. The highest BCUT2D eigenvalue weighted by molar-refractivity contribution is 7.16. The summed E-state index contributed by atoms with van der Waals surface area (Å²) >= 11 is 1.42. The van der Waals surface area contributed by atoms with Gasteiger partial charge in [0.05, 0.1) is 22.8 Å². The van der Waals surface area contributed by atoms with Crippen LogP contribution in [0.2, 0.25) is 0 Å². The predicted octanol–water partition coefficient (Wildman–Crippen LogP) is 4.59. The molecule has 148 valence electrons. The van der Waals surface area contributed by atoms with Crippen LogP contribution in [0.3, 0.4) is 0 Å². The van der Waals surface area contributed by atoms with Gasteiger partial charge in [-0.3, -0.25) is 9.89 Å². The third-order valence-corrected chi connectivity index (χ3v) is 4.89. The molecular formula is C20H25N5O2S. The molecule has 2 heterocycles. The van der Waals surface area contributed by atoms with Crippen molar-refractivity contribution in [3.8, 4) is 21.5 Å². The summed E-state index contributed by atoms with van der Waals surface area (Å²) in [5.74, 6) is 1.24. The van der Waals surface area contributed by atoms with E-state index in [1.54, 1.807) is 6.20 Å². The number of hydrogen-bond donors (Lipinski definition) is 3. The van der Waals surface area contributed by atoms with Crippen molar-refractivity contribution in [2.45, 2.75) is 33.7 Å². The Balaban J connectivity index is 1.63. The number of nitrogens with one attached hydrogen (secondary N) is 3. The molecule has 28 heavy (non-hydrogen) atoms. The number of hydrogen-bond acceptors (Lipinski definition) is 6. The number of anilines is 1. The second-order valence-electron chi connectivity index (χ2n) is 7.02. The van der Waals surface area contributed by atoms with E-state index in [4.69, 9.17) is 4.74 Å². The fraction of sp³-hybridized carbons (Fsp3) is 0.350. The second kappa shape index (κ2) is 8.88. The normalized spacial score (nSPS) is 12.0. The van der Waals surface area contributed by atoms with Gasteiger partial charge in [0, 0.05) is 19.2 Å². The third-order valence-electron chi connectivity index (χ3n) is 3.99. The maximum absolute atomic E-state index is 11.2. The van der Waals surface area contributed by atoms with E-state index in [2.05, 4.69) is 39.7 Å². The Morgan fingerprint density at radius 1 is 1.25 bits per heavy atom. The van der Waals surface area contributed by atoms with E-state index in [1.165, 1.54) is 18.3 Å².